The maximum Gasteiger partial charge on any atom is 0.179 e. The lowest BCUT2D eigenvalue weighted by molar-refractivity contribution is 1.11. The first-order chi connectivity index (χ1) is 8.25. The van der Waals surface area contributed by atoms with Crippen molar-refractivity contribution in [1.82, 2.24) is 14.6 Å². The first-order valence-electron chi connectivity index (χ1n) is 5.01. The molecule has 84 valence electrons. The lowest BCUT2D eigenvalue weighted by Crippen LogP contribution is -1.88. The largest absolute Gasteiger partial charge is 0.281 e. The SMILES string of the molecule is Clc1ccc(-c2nnc3c(Cl)cccn23)cc1. The molecule has 17 heavy (non-hydrogen) atoms. The Morgan fingerprint density at radius 2 is 1.71 bits per heavy atom. The molecule has 0 unspecified atom stereocenters. The van der Waals surface area contributed by atoms with Gasteiger partial charge in [0.25, 0.3) is 0 Å². The number of rotatable bonds is 1. The number of hydrogen-bond donors (Lipinski definition) is 0. The highest BCUT2D eigenvalue weighted by Crippen LogP contribution is 2.23. The van der Waals surface area contributed by atoms with Gasteiger partial charge in [-0.25, -0.2) is 0 Å². The highest BCUT2D eigenvalue weighted by Gasteiger charge is 2.09. The first-order valence-corrected chi connectivity index (χ1v) is 5.76. The fourth-order valence-corrected chi connectivity index (χ4v) is 2.01. The molecule has 0 saturated heterocycles. The highest BCUT2D eigenvalue weighted by molar-refractivity contribution is 6.33. The summed E-state index contributed by atoms with van der Waals surface area (Å²) in [5.74, 6) is 0.749. The van der Waals surface area contributed by atoms with Crippen molar-refractivity contribution in [3.05, 3.63) is 52.6 Å². The molecule has 0 saturated carbocycles. The lowest BCUT2D eigenvalue weighted by Gasteiger charge is -2.00. The van der Waals surface area contributed by atoms with E-state index in [0.717, 1.165) is 11.4 Å². The Hall–Kier alpha value is -1.58. The Labute approximate surface area is 108 Å². The smallest absolute Gasteiger partial charge is 0.179 e. The Kier molecular flexibility index (Phi) is 2.50. The van der Waals surface area contributed by atoms with E-state index in [1.807, 2.05) is 40.9 Å². The quantitative estimate of drug-likeness (QED) is 0.670. The van der Waals surface area contributed by atoms with Crippen molar-refractivity contribution < 1.29 is 0 Å². The average molecular weight is 264 g/mol. The van der Waals surface area contributed by atoms with Crippen LogP contribution in [-0.4, -0.2) is 14.6 Å². The normalized spacial score (nSPS) is 10.9. The molecule has 2 heterocycles. The van der Waals surface area contributed by atoms with Crippen LogP contribution in [0, 0.1) is 0 Å². The molecule has 5 heteroatoms. The van der Waals surface area contributed by atoms with Gasteiger partial charge in [0, 0.05) is 16.8 Å². The van der Waals surface area contributed by atoms with E-state index >= 15 is 0 Å². The highest BCUT2D eigenvalue weighted by atomic mass is 35.5. The molecule has 3 nitrogen and oxygen atoms in total. The second-order valence-electron chi connectivity index (χ2n) is 3.58. The Bertz CT molecular complexity index is 674. The molecule has 0 amide bonds. The summed E-state index contributed by atoms with van der Waals surface area (Å²) in [6, 6.07) is 11.1. The second kappa shape index (κ2) is 4.02. The molecule has 3 rings (SSSR count). The predicted octanol–water partition coefficient (Wildman–Crippen LogP) is 3.70. The number of fused-ring (bicyclic) bond motifs is 1. The minimum atomic E-state index is 0.584. The van der Waals surface area contributed by atoms with Gasteiger partial charge in [0.15, 0.2) is 11.5 Å². The minimum Gasteiger partial charge on any atom is -0.281 e. The fraction of sp³-hybridized carbons (Fsp3) is 0. The first kappa shape index (κ1) is 10.6. The number of hydrogen-bond acceptors (Lipinski definition) is 2. The standard InChI is InChI=1S/C12H7Cl2N3/c13-9-5-3-8(4-6-9)11-15-16-12-10(14)2-1-7-17(11)12/h1-7H. The van der Waals surface area contributed by atoms with E-state index in [1.54, 1.807) is 6.07 Å². The topological polar surface area (TPSA) is 30.2 Å². The van der Waals surface area contributed by atoms with Crippen molar-refractivity contribution in [2.75, 3.05) is 0 Å². The van der Waals surface area contributed by atoms with Crippen LogP contribution >= 0.6 is 23.2 Å². The van der Waals surface area contributed by atoms with Crippen LogP contribution in [0.25, 0.3) is 17.0 Å². The van der Waals surface area contributed by atoms with Gasteiger partial charge in [-0.1, -0.05) is 23.2 Å². The van der Waals surface area contributed by atoms with E-state index < -0.39 is 0 Å². The van der Waals surface area contributed by atoms with Gasteiger partial charge >= 0.3 is 0 Å². The van der Waals surface area contributed by atoms with E-state index in [-0.39, 0.29) is 0 Å². The lowest BCUT2D eigenvalue weighted by atomic mass is 10.2. The zero-order valence-electron chi connectivity index (χ0n) is 8.64. The van der Waals surface area contributed by atoms with Gasteiger partial charge in [0.1, 0.15) is 0 Å². The number of aromatic nitrogens is 3. The summed E-state index contributed by atoms with van der Waals surface area (Å²) in [5.41, 5.74) is 1.60. The third-order valence-electron chi connectivity index (χ3n) is 2.49. The fourth-order valence-electron chi connectivity index (χ4n) is 1.68. The maximum atomic E-state index is 6.04. The van der Waals surface area contributed by atoms with Gasteiger partial charge in [-0.2, -0.15) is 0 Å². The maximum absolute atomic E-state index is 6.04. The van der Waals surface area contributed by atoms with Gasteiger partial charge in [0.2, 0.25) is 0 Å². The van der Waals surface area contributed by atoms with Gasteiger partial charge in [-0.05, 0) is 36.4 Å². The number of pyridine rings is 1. The molecular weight excluding hydrogens is 257 g/mol. The van der Waals surface area contributed by atoms with Crippen LogP contribution in [0.5, 0.6) is 0 Å². The number of nitrogens with zero attached hydrogens (tertiary/aromatic N) is 3. The van der Waals surface area contributed by atoms with Gasteiger partial charge < -0.3 is 0 Å². The molecule has 0 aliphatic carbocycles. The van der Waals surface area contributed by atoms with Crippen LogP contribution in [-0.2, 0) is 0 Å². The monoisotopic (exact) mass is 263 g/mol. The summed E-state index contributed by atoms with van der Waals surface area (Å²) < 4.78 is 1.85. The van der Waals surface area contributed by atoms with E-state index in [4.69, 9.17) is 23.2 Å². The summed E-state index contributed by atoms with van der Waals surface area (Å²) in [6.07, 6.45) is 1.88. The van der Waals surface area contributed by atoms with Crippen molar-refractivity contribution in [2.45, 2.75) is 0 Å². The summed E-state index contributed by atoms with van der Waals surface area (Å²) in [5, 5.41) is 9.49. The summed E-state index contributed by atoms with van der Waals surface area (Å²) in [7, 11) is 0. The van der Waals surface area contributed by atoms with Gasteiger partial charge in [-0.15, -0.1) is 10.2 Å². The molecule has 0 bridgehead atoms. The van der Waals surface area contributed by atoms with Crippen molar-refractivity contribution in [2.24, 2.45) is 0 Å². The molecule has 0 fully saturated rings. The molecule has 3 aromatic rings. The summed E-state index contributed by atoms with van der Waals surface area (Å²) in [4.78, 5) is 0. The molecule has 0 spiro atoms. The van der Waals surface area contributed by atoms with E-state index in [0.29, 0.717) is 15.7 Å². The van der Waals surface area contributed by atoms with E-state index in [1.165, 1.54) is 0 Å². The van der Waals surface area contributed by atoms with Crippen LogP contribution in [0.15, 0.2) is 42.6 Å². The molecule has 0 atom stereocenters. The Morgan fingerprint density at radius 1 is 0.941 bits per heavy atom. The Morgan fingerprint density at radius 3 is 2.47 bits per heavy atom. The van der Waals surface area contributed by atoms with Crippen LogP contribution < -0.4 is 0 Å². The van der Waals surface area contributed by atoms with Crippen LogP contribution in [0.4, 0.5) is 0 Å². The van der Waals surface area contributed by atoms with Crippen molar-refractivity contribution in [3.8, 4) is 11.4 Å². The van der Waals surface area contributed by atoms with Crippen LogP contribution in [0.1, 0.15) is 0 Å². The minimum absolute atomic E-state index is 0.584. The van der Waals surface area contributed by atoms with Crippen molar-refractivity contribution >= 4 is 28.8 Å². The van der Waals surface area contributed by atoms with E-state index in [9.17, 15) is 0 Å². The van der Waals surface area contributed by atoms with Gasteiger partial charge in [0.05, 0.1) is 5.02 Å². The van der Waals surface area contributed by atoms with Crippen LogP contribution in [0.3, 0.4) is 0 Å². The second-order valence-corrected chi connectivity index (χ2v) is 4.42. The molecule has 2 aromatic heterocycles. The molecule has 1 aromatic carbocycles. The molecule has 0 aliphatic heterocycles. The van der Waals surface area contributed by atoms with E-state index in [2.05, 4.69) is 10.2 Å². The number of halogens is 2. The van der Waals surface area contributed by atoms with Crippen molar-refractivity contribution in [1.29, 1.82) is 0 Å². The zero-order valence-corrected chi connectivity index (χ0v) is 10.2. The summed E-state index contributed by atoms with van der Waals surface area (Å²) >= 11 is 11.9. The zero-order chi connectivity index (χ0) is 11.8. The van der Waals surface area contributed by atoms with Crippen LogP contribution in [0.2, 0.25) is 10.0 Å². The third-order valence-corrected chi connectivity index (χ3v) is 3.04. The number of benzene rings is 1. The third kappa shape index (κ3) is 1.77. The molecule has 0 aliphatic rings. The summed E-state index contributed by atoms with van der Waals surface area (Å²) in [6.45, 7) is 0. The predicted molar refractivity (Wildman–Crippen MR) is 68.4 cm³/mol. The molecule has 0 N–H and O–H groups in total. The van der Waals surface area contributed by atoms with Crippen molar-refractivity contribution in [3.63, 3.8) is 0 Å². The molecule has 0 radical (unpaired) electrons. The molecular formula is C12H7Cl2N3. The average Bonchev–Trinajstić information content (AvgIpc) is 2.75. The van der Waals surface area contributed by atoms with Gasteiger partial charge in [-0.3, -0.25) is 4.40 Å². The Balaban J connectivity index is 2.24.